The maximum Gasteiger partial charge on any atom is 0.305 e. The Bertz CT molecular complexity index is 272. The van der Waals surface area contributed by atoms with Gasteiger partial charge in [-0.05, 0) is 6.92 Å². The number of benzene rings is 1. The first kappa shape index (κ1) is 10.8. The van der Waals surface area contributed by atoms with Crippen LogP contribution in [0.3, 0.4) is 0 Å². The standard InChI is InChI=1S/C11H14BO2/c1-2-14-11(13)8-9-12-10-6-4-3-5-7-10/h3-7H,2,8-9H2,1H3. The van der Waals surface area contributed by atoms with Crippen LogP contribution in [0.2, 0.25) is 6.32 Å². The fourth-order valence-corrected chi connectivity index (χ4v) is 1.18. The molecule has 0 heterocycles. The quantitative estimate of drug-likeness (QED) is 0.516. The van der Waals surface area contributed by atoms with Gasteiger partial charge in [0.25, 0.3) is 0 Å². The van der Waals surface area contributed by atoms with Crippen LogP contribution in [0, 0.1) is 0 Å². The first-order valence-corrected chi connectivity index (χ1v) is 4.87. The van der Waals surface area contributed by atoms with E-state index in [1.165, 1.54) is 0 Å². The van der Waals surface area contributed by atoms with E-state index in [1.54, 1.807) is 0 Å². The van der Waals surface area contributed by atoms with Crippen molar-refractivity contribution >= 4 is 18.7 Å². The Morgan fingerprint density at radius 2 is 2.07 bits per heavy atom. The number of carbonyl (C=O) groups is 1. The SMILES string of the molecule is CCOC(=O)CC[B]c1ccccc1. The lowest BCUT2D eigenvalue weighted by Gasteiger charge is -2.00. The van der Waals surface area contributed by atoms with Crippen LogP contribution >= 0.6 is 0 Å². The highest BCUT2D eigenvalue weighted by Gasteiger charge is 2.02. The Morgan fingerprint density at radius 1 is 1.36 bits per heavy atom. The molecule has 0 aliphatic heterocycles. The lowest BCUT2D eigenvalue weighted by molar-refractivity contribution is -0.142. The van der Waals surface area contributed by atoms with E-state index >= 15 is 0 Å². The third-order valence-corrected chi connectivity index (χ3v) is 1.83. The second-order valence-corrected chi connectivity index (χ2v) is 2.96. The molecule has 0 atom stereocenters. The normalized spacial score (nSPS) is 9.50. The largest absolute Gasteiger partial charge is 0.466 e. The molecule has 0 spiro atoms. The van der Waals surface area contributed by atoms with Crippen LogP contribution in [0.15, 0.2) is 30.3 Å². The van der Waals surface area contributed by atoms with Crippen molar-refractivity contribution in [2.75, 3.05) is 6.61 Å². The fourth-order valence-electron chi connectivity index (χ4n) is 1.18. The average molecular weight is 189 g/mol. The molecule has 73 valence electrons. The molecule has 0 saturated heterocycles. The van der Waals surface area contributed by atoms with E-state index in [-0.39, 0.29) is 5.97 Å². The molecule has 0 amide bonds. The van der Waals surface area contributed by atoms with Crippen LogP contribution in [0.5, 0.6) is 0 Å². The summed E-state index contributed by atoms with van der Waals surface area (Å²) in [6.07, 6.45) is 1.20. The van der Waals surface area contributed by atoms with Crippen molar-refractivity contribution in [1.82, 2.24) is 0 Å². The monoisotopic (exact) mass is 189 g/mol. The average Bonchev–Trinajstić information content (AvgIpc) is 2.20. The van der Waals surface area contributed by atoms with Crippen LogP contribution in [0.4, 0.5) is 0 Å². The van der Waals surface area contributed by atoms with E-state index in [0.717, 1.165) is 11.8 Å². The lowest BCUT2D eigenvalue weighted by Crippen LogP contribution is -2.14. The zero-order valence-electron chi connectivity index (χ0n) is 8.40. The van der Waals surface area contributed by atoms with Gasteiger partial charge >= 0.3 is 5.97 Å². The third kappa shape index (κ3) is 4.12. The minimum absolute atomic E-state index is 0.125. The van der Waals surface area contributed by atoms with E-state index in [4.69, 9.17) is 4.74 Å². The Balaban J connectivity index is 2.19. The minimum atomic E-state index is -0.125. The second-order valence-electron chi connectivity index (χ2n) is 2.96. The molecule has 3 heteroatoms. The van der Waals surface area contributed by atoms with Crippen LogP contribution in [0.25, 0.3) is 0 Å². The molecule has 0 saturated carbocycles. The van der Waals surface area contributed by atoms with Gasteiger partial charge in [-0.15, -0.1) is 0 Å². The van der Waals surface area contributed by atoms with Gasteiger partial charge in [-0.1, -0.05) is 42.1 Å². The molecule has 0 N–H and O–H groups in total. The number of rotatable bonds is 5. The summed E-state index contributed by atoms with van der Waals surface area (Å²) in [5.74, 6) is -0.125. The van der Waals surface area contributed by atoms with Gasteiger partial charge in [-0.3, -0.25) is 4.79 Å². The van der Waals surface area contributed by atoms with Crippen LogP contribution < -0.4 is 5.46 Å². The van der Waals surface area contributed by atoms with Crippen molar-refractivity contribution in [2.45, 2.75) is 19.7 Å². The molecular weight excluding hydrogens is 175 g/mol. The second kappa shape index (κ2) is 6.25. The number of ether oxygens (including phenoxy) is 1. The number of esters is 1. The molecule has 14 heavy (non-hydrogen) atoms. The van der Waals surface area contributed by atoms with E-state index < -0.39 is 0 Å². The van der Waals surface area contributed by atoms with E-state index in [2.05, 4.69) is 0 Å². The Kier molecular flexibility index (Phi) is 4.83. The molecule has 1 aromatic carbocycles. The highest BCUT2D eigenvalue weighted by molar-refractivity contribution is 6.53. The Hall–Kier alpha value is -1.25. The molecule has 1 radical (unpaired) electrons. The highest BCUT2D eigenvalue weighted by Crippen LogP contribution is 1.93. The van der Waals surface area contributed by atoms with E-state index in [9.17, 15) is 4.79 Å². The van der Waals surface area contributed by atoms with Crippen LogP contribution in [-0.2, 0) is 9.53 Å². The van der Waals surface area contributed by atoms with Crippen molar-refractivity contribution in [3.05, 3.63) is 30.3 Å². The van der Waals surface area contributed by atoms with Gasteiger partial charge in [0.2, 0.25) is 0 Å². The predicted octanol–water partition coefficient (Wildman–Crippen LogP) is 1.39. The third-order valence-electron chi connectivity index (χ3n) is 1.83. The molecular formula is C11H14BO2. The van der Waals surface area contributed by atoms with Crippen molar-refractivity contribution in [2.24, 2.45) is 0 Å². The topological polar surface area (TPSA) is 26.3 Å². The van der Waals surface area contributed by atoms with Gasteiger partial charge in [-0.2, -0.15) is 0 Å². The summed E-state index contributed by atoms with van der Waals surface area (Å²) in [4.78, 5) is 11.0. The van der Waals surface area contributed by atoms with E-state index in [0.29, 0.717) is 13.0 Å². The molecule has 0 aromatic heterocycles. The van der Waals surface area contributed by atoms with Crippen LogP contribution in [0.1, 0.15) is 13.3 Å². The number of carbonyl (C=O) groups excluding carboxylic acids is 1. The Labute approximate surface area is 85.5 Å². The summed E-state index contributed by atoms with van der Waals surface area (Å²) < 4.78 is 4.82. The molecule has 0 bridgehead atoms. The highest BCUT2D eigenvalue weighted by atomic mass is 16.5. The number of hydrogen-bond donors (Lipinski definition) is 0. The van der Waals surface area contributed by atoms with Gasteiger partial charge < -0.3 is 4.74 Å². The predicted molar refractivity (Wildman–Crippen MR) is 57.9 cm³/mol. The minimum Gasteiger partial charge on any atom is -0.466 e. The van der Waals surface area contributed by atoms with Crippen molar-refractivity contribution in [3.8, 4) is 0 Å². The van der Waals surface area contributed by atoms with Gasteiger partial charge in [0, 0.05) is 6.42 Å². The zero-order chi connectivity index (χ0) is 10.2. The van der Waals surface area contributed by atoms with Crippen molar-refractivity contribution in [3.63, 3.8) is 0 Å². The van der Waals surface area contributed by atoms with Gasteiger partial charge in [0.1, 0.15) is 0 Å². The first-order chi connectivity index (χ1) is 6.83. The molecule has 0 aliphatic carbocycles. The maximum absolute atomic E-state index is 11.0. The lowest BCUT2D eigenvalue weighted by atomic mass is 9.66. The summed E-state index contributed by atoms with van der Waals surface area (Å²) in [5.41, 5.74) is 1.15. The zero-order valence-corrected chi connectivity index (χ0v) is 8.40. The maximum atomic E-state index is 11.0. The summed E-state index contributed by atoms with van der Waals surface area (Å²) >= 11 is 0. The molecule has 1 aromatic rings. The van der Waals surface area contributed by atoms with Gasteiger partial charge in [-0.25, -0.2) is 0 Å². The van der Waals surface area contributed by atoms with Gasteiger partial charge in [0.05, 0.1) is 6.61 Å². The van der Waals surface area contributed by atoms with Crippen LogP contribution in [-0.4, -0.2) is 19.9 Å². The summed E-state index contributed by atoms with van der Waals surface area (Å²) in [7, 11) is 2.04. The summed E-state index contributed by atoms with van der Waals surface area (Å²) in [6.45, 7) is 2.28. The summed E-state index contributed by atoms with van der Waals surface area (Å²) in [6, 6.07) is 9.98. The Morgan fingerprint density at radius 3 is 2.71 bits per heavy atom. The van der Waals surface area contributed by atoms with Crippen molar-refractivity contribution in [1.29, 1.82) is 0 Å². The number of hydrogen-bond acceptors (Lipinski definition) is 2. The first-order valence-electron chi connectivity index (χ1n) is 4.87. The fraction of sp³-hybridized carbons (Fsp3) is 0.364. The molecule has 1 rings (SSSR count). The van der Waals surface area contributed by atoms with Gasteiger partial charge in [0.15, 0.2) is 7.28 Å². The summed E-state index contributed by atoms with van der Waals surface area (Å²) in [5, 5.41) is 0. The van der Waals surface area contributed by atoms with Crippen molar-refractivity contribution < 1.29 is 9.53 Å². The smallest absolute Gasteiger partial charge is 0.305 e. The molecule has 0 unspecified atom stereocenters. The van der Waals surface area contributed by atoms with E-state index in [1.807, 2.05) is 44.5 Å². The molecule has 0 aliphatic rings. The molecule has 2 nitrogen and oxygen atoms in total. The molecule has 0 fully saturated rings.